The second-order valence-corrected chi connectivity index (χ2v) is 9.48. The number of hydrogen-bond acceptors (Lipinski definition) is 3. The summed E-state index contributed by atoms with van der Waals surface area (Å²) in [6.07, 6.45) is 2.23. The van der Waals surface area contributed by atoms with Crippen LogP contribution in [0.25, 0.3) is 16.9 Å². The molecule has 0 atom stereocenters. The van der Waals surface area contributed by atoms with Gasteiger partial charge in [0.2, 0.25) is 11.8 Å². The molecule has 0 aliphatic carbocycles. The van der Waals surface area contributed by atoms with Crippen molar-refractivity contribution >= 4 is 17.6 Å². The third-order valence-corrected chi connectivity index (χ3v) is 5.20. The second kappa shape index (κ2) is 10.9. The molecule has 0 bridgehead atoms. The molecule has 3 rings (SSSR count). The van der Waals surface area contributed by atoms with Gasteiger partial charge in [0.05, 0.1) is 17.9 Å². The molecule has 1 aromatic heterocycles. The fraction of sp³-hybridized carbons (Fsp3) is 0.370. The van der Waals surface area contributed by atoms with Crippen molar-refractivity contribution in [2.24, 2.45) is 5.41 Å². The van der Waals surface area contributed by atoms with Gasteiger partial charge in [0, 0.05) is 24.6 Å². The van der Waals surface area contributed by atoms with Crippen molar-refractivity contribution < 1.29 is 9.59 Å². The van der Waals surface area contributed by atoms with Gasteiger partial charge in [-0.05, 0) is 24.0 Å². The molecule has 0 saturated carbocycles. The van der Waals surface area contributed by atoms with E-state index in [2.05, 4.69) is 12.2 Å². The predicted molar refractivity (Wildman–Crippen MR) is 133 cm³/mol. The molecule has 2 amide bonds. The summed E-state index contributed by atoms with van der Waals surface area (Å²) in [7, 11) is 0. The van der Waals surface area contributed by atoms with E-state index in [1.807, 2.05) is 87.5 Å². The summed E-state index contributed by atoms with van der Waals surface area (Å²) in [5.74, 6) is 0.349. The quantitative estimate of drug-likeness (QED) is 0.469. The van der Waals surface area contributed by atoms with Crippen LogP contribution in [0.3, 0.4) is 0 Å². The number of hydrogen-bond donors (Lipinski definition) is 1. The Morgan fingerprint density at radius 2 is 1.64 bits per heavy atom. The molecule has 6 nitrogen and oxygen atoms in total. The lowest BCUT2D eigenvalue weighted by Crippen LogP contribution is -2.40. The minimum absolute atomic E-state index is 0.00708. The van der Waals surface area contributed by atoms with Gasteiger partial charge >= 0.3 is 0 Å². The molecule has 0 spiro atoms. The number of carbonyl (C=O) groups excluding carboxylic acids is 2. The van der Waals surface area contributed by atoms with Crippen LogP contribution in [0.4, 0.5) is 5.82 Å². The molecule has 3 aromatic rings. The molecule has 0 unspecified atom stereocenters. The standard InChI is InChI=1S/C27H34N4O2/c1-5-6-17-30(26(33)19-27(2,3)4)20-25(32)28-24-18-23(21-13-9-7-10-14-21)29-31(24)22-15-11-8-12-16-22/h7-16,18H,5-6,17,19-20H2,1-4H3,(H,28,32). The number of anilines is 1. The summed E-state index contributed by atoms with van der Waals surface area (Å²) in [5.41, 5.74) is 2.45. The molecule has 1 N–H and O–H groups in total. The first-order chi connectivity index (χ1) is 15.8. The zero-order valence-electron chi connectivity index (χ0n) is 20.0. The highest BCUT2D eigenvalue weighted by atomic mass is 16.2. The maximum Gasteiger partial charge on any atom is 0.245 e. The third-order valence-electron chi connectivity index (χ3n) is 5.20. The van der Waals surface area contributed by atoms with Crippen LogP contribution >= 0.6 is 0 Å². The van der Waals surface area contributed by atoms with Crippen LogP contribution in [-0.2, 0) is 9.59 Å². The number of rotatable bonds is 9. The van der Waals surface area contributed by atoms with Gasteiger partial charge in [-0.2, -0.15) is 5.10 Å². The molecule has 174 valence electrons. The summed E-state index contributed by atoms with van der Waals surface area (Å²) < 4.78 is 1.73. The van der Waals surface area contributed by atoms with Gasteiger partial charge in [0.1, 0.15) is 5.82 Å². The van der Waals surface area contributed by atoms with E-state index in [-0.39, 0.29) is 23.8 Å². The number of nitrogens with zero attached hydrogens (tertiary/aromatic N) is 3. The largest absolute Gasteiger partial charge is 0.333 e. The monoisotopic (exact) mass is 446 g/mol. The van der Waals surface area contributed by atoms with Crippen LogP contribution in [-0.4, -0.2) is 39.6 Å². The van der Waals surface area contributed by atoms with Crippen molar-refractivity contribution in [3.05, 3.63) is 66.7 Å². The van der Waals surface area contributed by atoms with Gasteiger partial charge < -0.3 is 10.2 Å². The first kappa shape index (κ1) is 24.2. The third kappa shape index (κ3) is 7.04. The first-order valence-corrected chi connectivity index (χ1v) is 11.6. The Balaban J connectivity index is 1.83. The number of carbonyl (C=O) groups is 2. The average Bonchev–Trinajstić information content (AvgIpc) is 3.20. The molecule has 0 radical (unpaired) electrons. The smallest absolute Gasteiger partial charge is 0.245 e. The second-order valence-electron chi connectivity index (χ2n) is 9.48. The molecule has 2 aromatic carbocycles. The van der Waals surface area contributed by atoms with E-state index in [1.54, 1.807) is 9.58 Å². The summed E-state index contributed by atoms with van der Waals surface area (Å²) in [6.45, 7) is 8.78. The van der Waals surface area contributed by atoms with Gasteiger partial charge in [-0.25, -0.2) is 4.68 Å². The van der Waals surface area contributed by atoms with Gasteiger partial charge in [-0.15, -0.1) is 0 Å². The van der Waals surface area contributed by atoms with Crippen molar-refractivity contribution in [1.29, 1.82) is 0 Å². The number of para-hydroxylation sites is 1. The van der Waals surface area contributed by atoms with E-state index >= 15 is 0 Å². The molecule has 0 aliphatic rings. The molecule has 0 saturated heterocycles. The Morgan fingerprint density at radius 3 is 2.24 bits per heavy atom. The highest BCUT2D eigenvalue weighted by Gasteiger charge is 2.23. The molecular formula is C27H34N4O2. The van der Waals surface area contributed by atoms with E-state index in [0.717, 1.165) is 29.8 Å². The number of nitrogens with one attached hydrogen (secondary N) is 1. The van der Waals surface area contributed by atoms with E-state index in [1.165, 1.54) is 0 Å². The lowest BCUT2D eigenvalue weighted by atomic mass is 9.91. The molecule has 33 heavy (non-hydrogen) atoms. The Kier molecular flexibility index (Phi) is 8.04. The van der Waals surface area contributed by atoms with Crippen LogP contribution in [0.15, 0.2) is 66.7 Å². The Morgan fingerprint density at radius 1 is 1.00 bits per heavy atom. The zero-order valence-corrected chi connectivity index (χ0v) is 20.0. The summed E-state index contributed by atoms with van der Waals surface area (Å²) in [4.78, 5) is 27.6. The molecule has 6 heteroatoms. The van der Waals surface area contributed by atoms with Crippen LogP contribution in [0, 0.1) is 5.41 Å². The number of amides is 2. The fourth-order valence-electron chi connectivity index (χ4n) is 3.55. The van der Waals surface area contributed by atoms with Crippen LogP contribution in [0.1, 0.15) is 47.0 Å². The summed E-state index contributed by atoms with van der Waals surface area (Å²) in [6, 6.07) is 21.4. The normalized spacial score (nSPS) is 11.3. The fourth-order valence-corrected chi connectivity index (χ4v) is 3.55. The van der Waals surface area contributed by atoms with E-state index in [4.69, 9.17) is 5.10 Å². The number of benzene rings is 2. The molecular weight excluding hydrogens is 412 g/mol. The van der Waals surface area contributed by atoms with Gasteiger partial charge in [-0.1, -0.05) is 82.6 Å². The van der Waals surface area contributed by atoms with Crippen LogP contribution in [0.2, 0.25) is 0 Å². The molecule has 1 heterocycles. The van der Waals surface area contributed by atoms with E-state index in [9.17, 15) is 9.59 Å². The molecule has 0 fully saturated rings. The topological polar surface area (TPSA) is 67.2 Å². The Labute approximate surface area is 196 Å². The summed E-state index contributed by atoms with van der Waals surface area (Å²) in [5, 5.41) is 7.73. The van der Waals surface area contributed by atoms with Crippen LogP contribution in [0.5, 0.6) is 0 Å². The maximum absolute atomic E-state index is 13.0. The minimum atomic E-state index is -0.231. The summed E-state index contributed by atoms with van der Waals surface area (Å²) >= 11 is 0. The lowest BCUT2D eigenvalue weighted by molar-refractivity contribution is -0.136. The van der Waals surface area contributed by atoms with Crippen molar-refractivity contribution in [1.82, 2.24) is 14.7 Å². The highest BCUT2D eigenvalue weighted by Crippen LogP contribution is 2.25. The Bertz CT molecular complexity index is 1050. The van der Waals surface area contributed by atoms with Crippen LogP contribution < -0.4 is 5.32 Å². The SMILES string of the molecule is CCCCN(CC(=O)Nc1cc(-c2ccccc2)nn1-c1ccccc1)C(=O)CC(C)(C)C. The zero-order chi connectivity index (χ0) is 23.8. The van der Waals surface area contributed by atoms with Gasteiger partial charge in [0.15, 0.2) is 0 Å². The van der Waals surface area contributed by atoms with Crippen molar-refractivity contribution in [2.75, 3.05) is 18.4 Å². The molecule has 0 aliphatic heterocycles. The van der Waals surface area contributed by atoms with Crippen molar-refractivity contribution in [2.45, 2.75) is 47.0 Å². The Hall–Kier alpha value is -3.41. The van der Waals surface area contributed by atoms with E-state index in [0.29, 0.717) is 18.8 Å². The van der Waals surface area contributed by atoms with Crippen molar-refractivity contribution in [3.8, 4) is 16.9 Å². The maximum atomic E-state index is 13.0. The first-order valence-electron chi connectivity index (χ1n) is 11.6. The van der Waals surface area contributed by atoms with Crippen molar-refractivity contribution in [3.63, 3.8) is 0 Å². The lowest BCUT2D eigenvalue weighted by Gasteiger charge is -2.26. The highest BCUT2D eigenvalue weighted by molar-refractivity contribution is 5.94. The number of unbranched alkanes of at least 4 members (excludes halogenated alkanes) is 1. The van der Waals surface area contributed by atoms with Gasteiger partial charge in [0.25, 0.3) is 0 Å². The average molecular weight is 447 g/mol. The van der Waals surface area contributed by atoms with E-state index < -0.39 is 0 Å². The number of aromatic nitrogens is 2. The predicted octanol–water partition coefficient (Wildman–Crippen LogP) is 5.54. The minimum Gasteiger partial charge on any atom is -0.333 e. The van der Waals surface area contributed by atoms with Gasteiger partial charge in [-0.3, -0.25) is 9.59 Å².